The minimum atomic E-state index is 0. The number of aliphatic imine (C=N–C) groups is 1. The number of hydrogen-bond acceptors (Lipinski definition) is 5. The minimum absolute atomic E-state index is 0. The predicted molar refractivity (Wildman–Crippen MR) is 113 cm³/mol. The van der Waals surface area contributed by atoms with Crippen molar-refractivity contribution in [2.75, 3.05) is 45.9 Å². The summed E-state index contributed by atoms with van der Waals surface area (Å²) in [5.41, 5.74) is 0. The second kappa shape index (κ2) is 11.0. The van der Waals surface area contributed by atoms with Crippen molar-refractivity contribution in [2.45, 2.75) is 32.7 Å². The molecule has 1 aromatic rings. The normalized spacial score (nSPS) is 18.5. The van der Waals surface area contributed by atoms with Gasteiger partial charge in [-0.15, -0.1) is 34.2 Å². The Morgan fingerprint density at radius 1 is 1.23 bits per heavy atom. The highest BCUT2D eigenvalue weighted by atomic mass is 127. The van der Waals surface area contributed by atoms with Crippen LogP contribution in [-0.4, -0.2) is 71.6 Å². The SMILES string of the molecule is Cc1nnc(CN=C(NCCCN2CCOCC2)NCC2CC2)n1C.I. The van der Waals surface area contributed by atoms with Crippen LogP contribution in [0.2, 0.25) is 0 Å². The van der Waals surface area contributed by atoms with E-state index in [9.17, 15) is 0 Å². The molecule has 1 saturated heterocycles. The Labute approximate surface area is 173 Å². The molecule has 9 heteroatoms. The van der Waals surface area contributed by atoms with Gasteiger partial charge in [-0.1, -0.05) is 0 Å². The van der Waals surface area contributed by atoms with Gasteiger partial charge in [0.1, 0.15) is 12.4 Å². The summed E-state index contributed by atoms with van der Waals surface area (Å²) in [6.07, 6.45) is 3.77. The molecule has 2 fully saturated rings. The number of rotatable bonds is 8. The van der Waals surface area contributed by atoms with E-state index >= 15 is 0 Å². The number of aryl methyl sites for hydroxylation is 1. The number of nitrogens with one attached hydrogen (secondary N) is 2. The van der Waals surface area contributed by atoms with Crippen molar-refractivity contribution < 1.29 is 4.74 Å². The van der Waals surface area contributed by atoms with Crippen molar-refractivity contribution in [3.63, 3.8) is 0 Å². The molecule has 0 spiro atoms. The molecule has 1 aliphatic carbocycles. The molecule has 0 radical (unpaired) electrons. The summed E-state index contributed by atoms with van der Waals surface area (Å²) in [6, 6.07) is 0. The molecule has 0 bridgehead atoms. The van der Waals surface area contributed by atoms with Crippen molar-refractivity contribution in [3.8, 4) is 0 Å². The summed E-state index contributed by atoms with van der Waals surface area (Å²) in [5.74, 6) is 3.50. The van der Waals surface area contributed by atoms with Crippen LogP contribution in [0.1, 0.15) is 30.9 Å². The highest BCUT2D eigenvalue weighted by molar-refractivity contribution is 14.0. The maximum absolute atomic E-state index is 5.39. The third-order valence-corrected chi connectivity index (χ3v) is 4.86. The lowest BCUT2D eigenvalue weighted by Gasteiger charge is -2.26. The molecule has 148 valence electrons. The number of morpholine rings is 1. The van der Waals surface area contributed by atoms with Gasteiger partial charge in [0, 0.05) is 33.2 Å². The Hall–Kier alpha value is -0.940. The Kier molecular flexibility index (Phi) is 9.06. The summed E-state index contributed by atoms with van der Waals surface area (Å²) < 4.78 is 7.38. The molecule has 2 N–H and O–H groups in total. The minimum Gasteiger partial charge on any atom is -0.379 e. The van der Waals surface area contributed by atoms with Gasteiger partial charge in [0.25, 0.3) is 0 Å². The van der Waals surface area contributed by atoms with Crippen LogP contribution in [0.5, 0.6) is 0 Å². The van der Waals surface area contributed by atoms with Crippen LogP contribution in [0, 0.1) is 12.8 Å². The maximum atomic E-state index is 5.39. The largest absolute Gasteiger partial charge is 0.379 e. The molecule has 2 aliphatic rings. The molecular weight excluding hydrogens is 445 g/mol. The highest BCUT2D eigenvalue weighted by Gasteiger charge is 2.21. The Bertz CT molecular complexity index is 567. The Morgan fingerprint density at radius 2 is 2.00 bits per heavy atom. The van der Waals surface area contributed by atoms with Gasteiger partial charge in [-0.25, -0.2) is 4.99 Å². The quantitative estimate of drug-likeness (QED) is 0.251. The maximum Gasteiger partial charge on any atom is 0.191 e. The molecule has 0 amide bonds. The molecule has 8 nitrogen and oxygen atoms in total. The Morgan fingerprint density at radius 3 is 2.65 bits per heavy atom. The van der Waals surface area contributed by atoms with Gasteiger partial charge in [-0.3, -0.25) is 4.90 Å². The van der Waals surface area contributed by atoms with Crippen LogP contribution in [0.25, 0.3) is 0 Å². The highest BCUT2D eigenvalue weighted by Crippen LogP contribution is 2.27. The number of guanidine groups is 1. The average molecular weight is 477 g/mol. The second-order valence-corrected chi connectivity index (χ2v) is 6.95. The summed E-state index contributed by atoms with van der Waals surface area (Å²) in [5, 5.41) is 15.2. The van der Waals surface area contributed by atoms with Gasteiger partial charge in [0.05, 0.1) is 13.2 Å². The van der Waals surface area contributed by atoms with Crippen LogP contribution < -0.4 is 10.6 Å². The third-order valence-electron chi connectivity index (χ3n) is 4.86. The van der Waals surface area contributed by atoms with E-state index in [1.807, 2.05) is 18.5 Å². The molecule has 0 unspecified atom stereocenters. The molecule has 26 heavy (non-hydrogen) atoms. The third kappa shape index (κ3) is 6.99. The van der Waals surface area contributed by atoms with Gasteiger partial charge in [0.15, 0.2) is 11.8 Å². The van der Waals surface area contributed by atoms with Crippen molar-refractivity contribution in [2.24, 2.45) is 18.0 Å². The van der Waals surface area contributed by atoms with Crippen molar-refractivity contribution in [1.82, 2.24) is 30.3 Å². The van der Waals surface area contributed by atoms with Crippen molar-refractivity contribution in [1.29, 1.82) is 0 Å². The summed E-state index contributed by atoms with van der Waals surface area (Å²) in [6.45, 7) is 9.35. The molecule has 1 saturated carbocycles. The molecule has 0 atom stereocenters. The van der Waals surface area contributed by atoms with Crippen LogP contribution in [0.15, 0.2) is 4.99 Å². The van der Waals surface area contributed by atoms with Gasteiger partial charge in [-0.05, 0) is 38.6 Å². The monoisotopic (exact) mass is 477 g/mol. The lowest BCUT2D eigenvalue weighted by molar-refractivity contribution is 0.0376. The number of halogens is 1. The number of hydrogen-bond donors (Lipinski definition) is 2. The van der Waals surface area contributed by atoms with Gasteiger partial charge in [0.2, 0.25) is 0 Å². The zero-order chi connectivity index (χ0) is 17.5. The van der Waals surface area contributed by atoms with E-state index in [1.54, 1.807) is 0 Å². The smallest absolute Gasteiger partial charge is 0.191 e. The molecule has 1 aliphatic heterocycles. The summed E-state index contributed by atoms with van der Waals surface area (Å²) in [7, 11) is 1.98. The first-order valence-electron chi connectivity index (χ1n) is 9.39. The lowest BCUT2D eigenvalue weighted by atomic mass is 10.3. The number of aromatic nitrogens is 3. The zero-order valence-corrected chi connectivity index (χ0v) is 18.2. The molecule has 2 heterocycles. The van der Waals surface area contributed by atoms with Crippen LogP contribution >= 0.6 is 24.0 Å². The molecule has 1 aromatic heterocycles. The van der Waals surface area contributed by atoms with Gasteiger partial charge >= 0.3 is 0 Å². The van der Waals surface area contributed by atoms with E-state index in [0.717, 1.165) is 75.9 Å². The first-order chi connectivity index (χ1) is 12.2. The Balaban J connectivity index is 0.00000243. The van der Waals surface area contributed by atoms with E-state index < -0.39 is 0 Å². The van der Waals surface area contributed by atoms with Gasteiger partial charge in [-0.2, -0.15) is 0 Å². The van der Waals surface area contributed by atoms with Crippen molar-refractivity contribution in [3.05, 3.63) is 11.6 Å². The van der Waals surface area contributed by atoms with Crippen LogP contribution in [0.3, 0.4) is 0 Å². The summed E-state index contributed by atoms with van der Waals surface area (Å²) in [4.78, 5) is 7.15. The summed E-state index contributed by atoms with van der Waals surface area (Å²) >= 11 is 0. The fourth-order valence-electron chi connectivity index (χ4n) is 2.81. The van der Waals surface area contributed by atoms with E-state index in [4.69, 9.17) is 4.74 Å². The molecule has 0 aromatic carbocycles. The van der Waals surface area contributed by atoms with Crippen molar-refractivity contribution >= 4 is 29.9 Å². The fourth-order valence-corrected chi connectivity index (χ4v) is 2.81. The van der Waals surface area contributed by atoms with E-state index in [2.05, 4.69) is 30.7 Å². The number of nitrogens with zero attached hydrogens (tertiary/aromatic N) is 5. The van der Waals surface area contributed by atoms with E-state index in [0.29, 0.717) is 6.54 Å². The number of ether oxygens (including phenoxy) is 1. The predicted octanol–water partition coefficient (Wildman–Crippen LogP) is 0.909. The van der Waals surface area contributed by atoms with Gasteiger partial charge < -0.3 is 19.9 Å². The fraction of sp³-hybridized carbons (Fsp3) is 0.824. The zero-order valence-electron chi connectivity index (χ0n) is 15.9. The molecule has 3 rings (SSSR count). The van der Waals surface area contributed by atoms with Crippen LogP contribution in [0.4, 0.5) is 0 Å². The first kappa shape index (κ1) is 21.4. The standard InChI is InChI=1S/C17H31N7O.HI/c1-14-21-22-16(23(14)2)13-20-17(19-12-15-4-5-15)18-6-3-7-24-8-10-25-11-9-24;/h15H,3-13H2,1-2H3,(H2,18,19,20);1H. The molecular formula is C17H32IN7O. The lowest BCUT2D eigenvalue weighted by Crippen LogP contribution is -2.41. The van der Waals surface area contributed by atoms with E-state index in [-0.39, 0.29) is 24.0 Å². The van der Waals surface area contributed by atoms with E-state index in [1.165, 1.54) is 12.8 Å². The van der Waals surface area contributed by atoms with Crippen LogP contribution in [-0.2, 0) is 18.3 Å². The topological polar surface area (TPSA) is 79.6 Å². The second-order valence-electron chi connectivity index (χ2n) is 6.95. The first-order valence-corrected chi connectivity index (χ1v) is 9.39. The average Bonchev–Trinajstić information content (AvgIpc) is 3.41.